The zero-order valence-corrected chi connectivity index (χ0v) is 10.4. The predicted octanol–water partition coefficient (Wildman–Crippen LogP) is 2.41. The highest BCUT2D eigenvalue weighted by molar-refractivity contribution is 7.91. The predicted molar refractivity (Wildman–Crippen MR) is 62.2 cm³/mol. The number of rotatable bonds is 2. The molecule has 14 heavy (non-hydrogen) atoms. The van der Waals surface area contributed by atoms with Gasteiger partial charge in [-0.1, -0.05) is 4.40 Å². The van der Waals surface area contributed by atoms with Crippen molar-refractivity contribution in [1.29, 1.82) is 0 Å². The van der Waals surface area contributed by atoms with Crippen LogP contribution < -0.4 is 0 Å². The van der Waals surface area contributed by atoms with Crippen LogP contribution in [0.3, 0.4) is 0 Å². The summed E-state index contributed by atoms with van der Waals surface area (Å²) in [7, 11) is 0. The average molecular weight is 230 g/mol. The van der Waals surface area contributed by atoms with Crippen LogP contribution in [0.2, 0.25) is 0 Å². The molecule has 0 aliphatic heterocycles. The van der Waals surface area contributed by atoms with Gasteiger partial charge in [0.1, 0.15) is 26.8 Å². The first-order valence-corrected chi connectivity index (χ1v) is 6.27. The number of aromatic nitrogens is 1. The topological polar surface area (TPSA) is 48.3 Å². The van der Waals surface area contributed by atoms with Crippen molar-refractivity contribution in [3.05, 3.63) is 16.6 Å². The highest BCUT2D eigenvalue weighted by atomic mass is 32.2. The largest absolute Gasteiger partial charge is 0.591 e. The van der Waals surface area contributed by atoms with Crippen LogP contribution >= 0.6 is 11.3 Å². The number of hydrogen-bond acceptors (Lipinski definition) is 4. The van der Waals surface area contributed by atoms with Gasteiger partial charge in [-0.2, -0.15) is 0 Å². The summed E-state index contributed by atoms with van der Waals surface area (Å²) in [5.41, 5.74) is 0.744. The minimum absolute atomic E-state index is 0.307. The number of thiazole rings is 1. The molecule has 1 heterocycles. The Morgan fingerprint density at radius 3 is 2.64 bits per heavy atom. The summed E-state index contributed by atoms with van der Waals surface area (Å²) in [4.78, 5) is 4.10. The standard InChI is InChI=1S/C9H14N2OS2/c1-7(8-10-5-6-13-8)11-14(12)9(2,3)4/h5-6H,1-4H3/b11-7+/t14-/m1/s1. The molecule has 1 aromatic rings. The summed E-state index contributed by atoms with van der Waals surface area (Å²) in [6.07, 6.45) is 1.72. The summed E-state index contributed by atoms with van der Waals surface area (Å²) in [5, 5.41) is 2.72. The molecule has 0 aliphatic rings. The van der Waals surface area contributed by atoms with Gasteiger partial charge in [0.2, 0.25) is 0 Å². The first kappa shape index (κ1) is 11.7. The summed E-state index contributed by atoms with van der Waals surface area (Å²) >= 11 is 0.310. The molecule has 0 aliphatic carbocycles. The molecule has 3 nitrogen and oxygen atoms in total. The molecule has 0 aromatic carbocycles. The third kappa shape index (κ3) is 3.08. The van der Waals surface area contributed by atoms with Crippen molar-refractivity contribution in [2.45, 2.75) is 32.4 Å². The van der Waals surface area contributed by atoms with Crippen LogP contribution in [0.25, 0.3) is 0 Å². The molecule has 0 unspecified atom stereocenters. The molecule has 0 amide bonds. The first-order valence-electron chi connectivity index (χ1n) is 4.28. The molecule has 0 spiro atoms. The fraction of sp³-hybridized carbons (Fsp3) is 0.556. The van der Waals surface area contributed by atoms with E-state index in [0.717, 1.165) is 10.7 Å². The molecule has 0 radical (unpaired) electrons. The molecule has 0 fully saturated rings. The Morgan fingerprint density at radius 1 is 1.57 bits per heavy atom. The van der Waals surface area contributed by atoms with Crippen molar-refractivity contribution in [2.75, 3.05) is 0 Å². The van der Waals surface area contributed by atoms with Crippen molar-refractivity contribution >= 4 is 28.4 Å². The quantitative estimate of drug-likeness (QED) is 0.578. The van der Waals surface area contributed by atoms with E-state index in [9.17, 15) is 4.55 Å². The lowest BCUT2D eigenvalue weighted by Gasteiger charge is -2.18. The number of hydrogen-bond donors (Lipinski definition) is 0. The van der Waals surface area contributed by atoms with Crippen molar-refractivity contribution in [3.8, 4) is 0 Å². The Morgan fingerprint density at radius 2 is 2.21 bits per heavy atom. The van der Waals surface area contributed by atoms with Gasteiger partial charge >= 0.3 is 0 Å². The van der Waals surface area contributed by atoms with Crippen molar-refractivity contribution in [1.82, 2.24) is 4.98 Å². The van der Waals surface area contributed by atoms with E-state index in [4.69, 9.17) is 0 Å². The normalized spacial score (nSPS) is 15.6. The lowest BCUT2D eigenvalue weighted by molar-refractivity contribution is 0.561. The van der Waals surface area contributed by atoms with Gasteiger partial charge in [-0.3, -0.25) is 0 Å². The van der Waals surface area contributed by atoms with Crippen LogP contribution in [0.5, 0.6) is 0 Å². The second-order valence-electron chi connectivity index (χ2n) is 3.88. The van der Waals surface area contributed by atoms with Crippen LogP contribution in [0.1, 0.15) is 32.7 Å². The van der Waals surface area contributed by atoms with E-state index in [1.807, 2.05) is 33.1 Å². The third-order valence-corrected chi connectivity index (χ3v) is 3.85. The van der Waals surface area contributed by atoms with E-state index >= 15 is 0 Å². The molecule has 1 rings (SSSR count). The minimum Gasteiger partial charge on any atom is -0.591 e. The molecule has 5 heteroatoms. The Kier molecular flexibility index (Phi) is 3.69. The smallest absolute Gasteiger partial charge is 0.144 e. The molecule has 0 N–H and O–H groups in total. The van der Waals surface area contributed by atoms with Gasteiger partial charge in [-0.05, 0) is 27.7 Å². The van der Waals surface area contributed by atoms with Crippen molar-refractivity contribution in [2.24, 2.45) is 4.40 Å². The van der Waals surface area contributed by atoms with E-state index < -0.39 is 11.4 Å². The molecule has 0 saturated carbocycles. The van der Waals surface area contributed by atoms with Crippen LogP contribution in [0, 0.1) is 0 Å². The van der Waals surface area contributed by atoms with Crippen molar-refractivity contribution in [3.63, 3.8) is 0 Å². The van der Waals surface area contributed by atoms with E-state index in [-0.39, 0.29) is 4.75 Å². The van der Waals surface area contributed by atoms with E-state index in [2.05, 4.69) is 9.38 Å². The maximum absolute atomic E-state index is 11.7. The highest BCUT2D eigenvalue weighted by Gasteiger charge is 2.26. The zero-order valence-electron chi connectivity index (χ0n) is 8.77. The lowest BCUT2D eigenvalue weighted by atomic mass is 10.3. The van der Waals surface area contributed by atoms with E-state index in [1.54, 1.807) is 6.20 Å². The Bertz CT molecular complexity index is 314. The maximum atomic E-state index is 11.7. The summed E-state index contributed by atoms with van der Waals surface area (Å²) < 4.78 is 15.5. The molecule has 1 atom stereocenters. The Hall–Kier alpha value is -0.390. The fourth-order valence-corrected chi connectivity index (χ4v) is 1.96. The molecular formula is C9H14N2OS2. The van der Waals surface area contributed by atoms with Crippen LogP contribution in [-0.2, 0) is 11.4 Å². The summed E-state index contributed by atoms with van der Waals surface area (Å²) in [6.45, 7) is 7.55. The fourth-order valence-electron chi connectivity index (χ4n) is 0.702. The van der Waals surface area contributed by atoms with Gasteiger partial charge in [-0.25, -0.2) is 4.98 Å². The average Bonchev–Trinajstić information content (AvgIpc) is 2.53. The SMILES string of the molecule is C/C(=N\[S@+]([O-])C(C)(C)C)c1nccs1. The molecule has 0 saturated heterocycles. The summed E-state index contributed by atoms with van der Waals surface area (Å²) in [6, 6.07) is 0. The molecule has 0 bridgehead atoms. The van der Waals surface area contributed by atoms with Gasteiger partial charge in [-0.15, -0.1) is 11.3 Å². The lowest BCUT2D eigenvalue weighted by Crippen LogP contribution is -2.26. The Balaban J connectivity index is 2.79. The maximum Gasteiger partial charge on any atom is 0.144 e. The Labute approximate surface area is 91.6 Å². The monoisotopic (exact) mass is 230 g/mol. The minimum atomic E-state index is -1.20. The van der Waals surface area contributed by atoms with Crippen molar-refractivity contribution < 1.29 is 4.55 Å². The molecule has 78 valence electrons. The van der Waals surface area contributed by atoms with Crippen LogP contribution in [-0.4, -0.2) is 20.0 Å². The second-order valence-corrected chi connectivity index (χ2v) is 6.68. The van der Waals surface area contributed by atoms with Gasteiger partial charge in [0.05, 0.1) is 0 Å². The van der Waals surface area contributed by atoms with Crippen LogP contribution in [0.4, 0.5) is 0 Å². The third-order valence-electron chi connectivity index (χ3n) is 1.49. The van der Waals surface area contributed by atoms with Gasteiger partial charge in [0.25, 0.3) is 0 Å². The first-order chi connectivity index (χ1) is 6.41. The second kappa shape index (κ2) is 4.42. The van der Waals surface area contributed by atoms with Crippen LogP contribution in [0.15, 0.2) is 16.0 Å². The van der Waals surface area contributed by atoms with Gasteiger partial charge in [0.15, 0.2) is 0 Å². The van der Waals surface area contributed by atoms with E-state index in [0.29, 0.717) is 0 Å². The van der Waals surface area contributed by atoms with Gasteiger partial charge < -0.3 is 4.55 Å². The summed E-state index contributed by atoms with van der Waals surface area (Å²) in [5.74, 6) is 0. The molecule has 1 aromatic heterocycles. The molecular weight excluding hydrogens is 216 g/mol. The zero-order chi connectivity index (χ0) is 10.8. The highest BCUT2D eigenvalue weighted by Crippen LogP contribution is 2.18. The van der Waals surface area contributed by atoms with Gasteiger partial charge in [0, 0.05) is 11.6 Å². The van der Waals surface area contributed by atoms with E-state index in [1.165, 1.54) is 11.3 Å². The number of nitrogens with zero attached hydrogens (tertiary/aromatic N) is 2.